The van der Waals surface area contributed by atoms with Crippen LogP contribution in [-0.2, 0) is 17.8 Å². The lowest BCUT2D eigenvalue weighted by Crippen LogP contribution is -2.39. The number of carbonyl (C=O) groups is 1. The van der Waals surface area contributed by atoms with E-state index in [1.165, 1.54) is 0 Å². The fraction of sp³-hybridized carbons (Fsp3) is 0.353. The lowest BCUT2D eigenvalue weighted by atomic mass is 10.2. The third-order valence-electron chi connectivity index (χ3n) is 4.27. The lowest BCUT2D eigenvalue weighted by Gasteiger charge is -2.24. The second-order valence-electron chi connectivity index (χ2n) is 5.91. The number of aromatic nitrogens is 3. The maximum absolute atomic E-state index is 12.7. The van der Waals surface area contributed by atoms with Gasteiger partial charge in [0, 0.05) is 18.9 Å². The average Bonchev–Trinajstić information content (AvgIpc) is 3.36. The molecule has 6 nitrogen and oxygen atoms in total. The zero-order chi connectivity index (χ0) is 16.4. The Balaban J connectivity index is 1.42. The van der Waals surface area contributed by atoms with Gasteiger partial charge in [-0.25, -0.2) is 4.98 Å². The Morgan fingerprint density at radius 2 is 2.38 bits per heavy atom. The van der Waals surface area contributed by atoms with Crippen molar-refractivity contribution in [3.8, 4) is 10.8 Å². The first-order chi connectivity index (χ1) is 11.8. The molecule has 1 aliphatic rings. The molecule has 0 bridgehead atoms. The number of likely N-dealkylation sites (tertiary alicyclic amines) is 1. The molecule has 3 aromatic rings. The van der Waals surface area contributed by atoms with E-state index >= 15 is 0 Å². The number of thiophene rings is 1. The summed E-state index contributed by atoms with van der Waals surface area (Å²) in [6.45, 7) is 1.55. The molecule has 0 spiro atoms. The van der Waals surface area contributed by atoms with Gasteiger partial charge in [-0.1, -0.05) is 6.07 Å². The van der Waals surface area contributed by atoms with Gasteiger partial charge in [0.05, 0.1) is 29.6 Å². The van der Waals surface area contributed by atoms with E-state index in [0.717, 1.165) is 30.8 Å². The van der Waals surface area contributed by atoms with E-state index in [-0.39, 0.29) is 18.4 Å². The molecule has 7 heteroatoms. The highest BCUT2D eigenvalue weighted by atomic mass is 32.1. The molecule has 0 aliphatic carbocycles. The molecule has 124 valence electrons. The zero-order valence-electron chi connectivity index (χ0n) is 13.2. The Bertz CT molecular complexity index is 795. The van der Waals surface area contributed by atoms with Crippen LogP contribution in [0.4, 0.5) is 0 Å². The van der Waals surface area contributed by atoms with Gasteiger partial charge in [-0.3, -0.25) is 9.48 Å². The minimum atomic E-state index is 0.107. The van der Waals surface area contributed by atoms with Gasteiger partial charge in [-0.15, -0.1) is 11.3 Å². The van der Waals surface area contributed by atoms with Crippen LogP contribution in [0.2, 0.25) is 0 Å². The molecule has 24 heavy (non-hydrogen) atoms. The van der Waals surface area contributed by atoms with Crippen LogP contribution in [0.5, 0.6) is 0 Å². The van der Waals surface area contributed by atoms with E-state index in [9.17, 15) is 4.79 Å². The van der Waals surface area contributed by atoms with Crippen molar-refractivity contribution in [2.24, 2.45) is 0 Å². The van der Waals surface area contributed by atoms with Crippen LogP contribution in [-0.4, -0.2) is 38.2 Å². The van der Waals surface area contributed by atoms with Crippen molar-refractivity contribution in [3.05, 3.63) is 47.9 Å². The largest absolute Gasteiger partial charge is 0.444 e. The van der Waals surface area contributed by atoms with Crippen LogP contribution in [0.15, 0.2) is 46.7 Å². The molecule has 4 rings (SSSR count). The zero-order valence-corrected chi connectivity index (χ0v) is 14.0. The van der Waals surface area contributed by atoms with Gasteiger partial charge in [0.15, 0.2) is 0 Å². The van der Waals surface area contributed by atoms with Crippen molar-refractivity contribution < 1.29 is 9.21 Å². The third-order valence-corrected chi connectivity index (χ3v) is 5.13. The van der Waals surface area contributed by atoms with Crippen LogP contribution >= 0.6 is 11.3 Å². The molecular weight excluding hydrogens is 324 g/mol. The predicted molar refractivity (Wildman–Crippen MR) is 90.5 cm³/mol. The van der Waals surface area contributed by atoms with E-state index in [4.69, 9.17) is 4.42 Å². The first-order valence-electron chi connectivity index (χ1n) is 8.05. The smallest absolute Gasteiger partial charge is 0.236 e. The molecule has 4 heterocycles. The second kappa shape index (κ2) is 6.60. The Morgan fingerprint density at radius 3 is 3.17 bits per heavy atom. The van der Waals surface area contributed by atoms with Crippen LogP contribution in [0.25, 0.3) is 10.8 Å². The summed E-state index contributed by atoms with van der Waals surface area (Å²) in [4.78, 5) is 20.0. The lowest BCUT2D eigenvalue weighted by molar-refractivity contribution is -0.131. The van der Waals surface area contributed by atoms with Crippen LogP contribution < -0.4 is 0 Å². The van der Waals surface area contributed by atoms with Gasteiger partial charge in [0.25, 0.3) is 0 Å². The van der Waals surface area contributed by atoms with E-state index in [1.54, 1.807) is 23.8 Å². The molecule has 0 saturated carbocycles. The van der Waals surface area contributed by atoms with Crippen molar-refractivity contribution >= 4 is 17.2 Å². The topological polar surface area (TPSA) is 64.2 Å². The van der Waals surface area contributed by atoms with Crippen LogP contribution in [0.1, 0.15) is 18.5 Å². The first kappa shape index (κ1) is 15.1. The van der Waals surface area contributed by atoms with Gasteiger partial charge in [-0.05, 0) is 30.4 Å². The molecule has 1 atom stereocenters. The molecule has 0 unspecified atom stereocenters. The number of hydrogen-bond acceptors (Lipinski definition) is 5. The number of nitrogens with zero attached hydrogens (tertiary/aromatic N) is 4. The summed E-state index contributed by atoms with van der Waals surface area (Å²) >= 11 is 1.57. The molecule has 0 aromatic carbocycles. The monoisotopic (exact) mass is 342 g/mol. The summed E-state index contributed by atoms with van der Waals surface area (Å²) in [6.07, 6.45) is 7.63. The molecule has 1 amide bonds. The maximum Gasteiger partial charge on any atom is 0.236 e. The van der Waals surface area contributed by atoms with Gasteiger partial charge in [0.2, 0.25) is 11.8 Å². The average molecular weight is 342 g/mol. The standard InChI is InChI=1S/C17H18N4O2S/c22-16(10-13-12-23-17(19-13)15-5-2-9-24-15)21-8-1-4-14(21)11-20-7-3-6-18-20/h2-3,5-7,9,12,14H,1,4,8,10-11H2/t14-/m1/s1. The third kappa shape index (κ3) is 3.12. The summed E-state index contributed by atoms with van der Waals surface area (Å²) in [6, 6.07) is 6.03. The van der Waals surface area contributed by atoms with Crippen molar-refractivity contribution in [2.75, 3.05) is 6.54 Å². The molecule has 0 N–H and O–H groups in total. The molecule has 1 saturated heterocycles. The van der Waals surface area contributed by atoms with E-state index in [0.29, 0.717) is 11.6 Å². The fourth-order valence-corrected chi connectivity index (χ4v) is 3.79. The minimum Gasteiger partial charge on any atom is -0.444 e. The summed E-state index contributed by atoms with van der Waals surface area (Å²) < 4.78 is 7.39. The quantitative estimate of drug-likeness (QED) is 0.715. The van der Waals surface area contributed by atoms with E-state index in [1.807, 2.05) is 39.4 Å². The normalized spacial score (nSPS) is 17.5. The van der Waals surface area contributed by atoms with Crippen molar-refractivity contribution in [1.29, 1.82) is 0 Å². The van der Waals surface area contributed by atoms with Gasteiger partial charge >= 0.3 is 0 Å². The number of hydrogen-bond donors (Lipinski definition) is 0. The van der Waals surface area contributed by atoms with E-state index in [2.05, 4.69) is 10.1 Å². The minimum absolute atomic E-state index is 0.107. The van der Waals surface area contributed by atoms with Crippen LogP contribution in [0.3, 0.4) is 0 Å². The summed E-state index contributed by atoms with van der Waals surface area (Å²) in [7, 11) is 0. The molecule has 1 aliphatic heterocycles. The highest BCUT2D eigenvalue weighted by molar-refractivity contribution is 7.13. The van der Waals surface area contributed by atoms with Crippen molar-refractivity contribution in [1.82, 2.24) is 19.7 Å². The first-order valence-corrected chi connectivity index (χ1v) is 8.93. The Labute approximate surface area is 143 Å². The fourth-order valence-electron chi connectivity index (χ4n) is 3.14. The maximum atomic E-state index is 12.7. The van der Waals surface area contributed by atoms with Gasteiger partial charge < -0.3 is 9.32 Å². The number of carbonyl (C=O) groups excluding carboxylic acids is 1. The molecule has 3 aromatic heterocycles. The second-order valence-corrected chi connectivity index (χ2v) is 6.86. The highest BCUT2D eigenvalue weighted by Crippen LogP contribution is 2.25. The van der Waals surface area contributed by atoms with Crippen molar-refractivity contribution in [3.63, 3.8) is 0 Å². The summed E-state index contributed by atoms with van der Waals surface area (Å²) in [5, 5.41) is 6.22. The SMILES string of the molecule is O=C(Cc1coc(-c2cccs2)n1)N1CCC[C@@H]1Cn1cccn1. The Hall–Kier alpha value is -2.41. The Morgan fingerprint density at radius 1 is 1.42 bits per heavy atom. The summed E-state index contributed by atoms with van der Waals surface area (Å²) in [5.41, 5.74) is 0.688. The number of oxazole rings is 1. The highest BCUT2D eigenvalue weighted by Gasteiger charge is 2.29. The van der Waals surface area contributed by atoms with Crippen LogP contribution in [0, 0.1) is 0 Å². The van der Waals surface area contributed by atoms with Gasteiger partial charge in [0.1, 0.15) is 6.26 Å². The summed E-state index contributed by atoms with van der Waals surface area (Å²) in [5.74, 6) is 0.693. The van der Waals surface area contributed by atoms with Crippen molar-refractivity contribution in [2.45, 2.75) is 31.8 Å². The Kier molecular flexibility index (Phi) is 4.17. The number of rotatable bonds is 5. The number of amides is 1. The predicted octanol–water partition coefficient (Wildman–Crippen LogP) is 2.83. The molecule has 1 fully saturated rings. The molecular formula is C17H18N4O2S. The van der Waals surface area contributed by atoms with E-state index < -0.39 is 0 Å². The molecule has 0 radical (unpaired) electrons. The van der Waals surface area contributed by atoms with Gasteiger partial charge in [-0.2, -0.15) is 5.10 Å².